The standard InChI is InChI=1S/C19H22F2N4O3/c1-13-11-25(6-7-27-13)18-3-2-14(9-23-18)10-24-19(26)16-8-15(4-5-22-16)28-12-17(20)21/h2-5,8-9,13,17H,6-7,10-12H2,1H3,(H,24,26)/t13-/m0/s1. The quantitative estimate of drug-likeness (QED) is 0.779. The van der Waals surface area contributed by atoms with Gasteiger partial charge in [-0.3, -0.25) is 9.78 Å². The van der Waals surface area contributed by atoms with Gasteiger partial charge in [-0.1, -0.05) is 6.07 Å². The monoisotopic (exact) mass is 392 g/mol. The van der Waals surface area contributed by atoms with E-state index in [1.807, 2.05) is 19.1 Å². The van der Waals surface area contributed by atoms with Crippen molar-refractivity contribution in [2.45, 2.75) is 26.0 Å². The maximum atomic E-state index is 12.2. The number of hydrogen-bond acceptors (Lipinski definition) is 6. The third-order valence-corrected chi connectivity index (χ3v) is 4.17. The van der Waals surface area contributed by atoms with Gasteiger partial charge in [-0.25, -0.2) is 13.8 Å². The molecule has 0 aliphatic carbocycles. The van der Waals surface area contributed by atoms with Crippen LogP contribution in [-0.2, 0) is 11.3 Å². The number of nitrogens with zero attached hydrogens (tertiary/aromatic N) is 3. The van der Waals surface area contributed by atoms with E-state index in [2.05, 4.69) is 20.2 Å². The van der Waals surface area contributed by atoms with E-state index >= 15 is 0 Å². The molecule has 1 fully saturated rings. The van der Waals surface area contributed by atoms with Gasteiger partial charge in [0.2, 0.25) is 0 Å². The average Bonchev–Trinajstić information content (AvgIpc) is 2.71. The highest BCUT2D eigenvalue weighted by Crippen LogP contribution is 2.16. The molecule has 150 valence electrons. The third kappa shape index (κ3) is 5.59. The Morgan fingerprint density at radius 3 is 2.96 bits per heavy atom. The summed E-state index contributed by atoms with van der Waals surface area (Å²) in [4.78, 5) is 22.8. The Bertz CT molecular complexity index is 789. The molecule has 0 bridgehead atoms. The lowest BCUT2D eigenvalue weighted by atomic mass is 10.2. The molecule has 1 aliphatic rings. The van der Waals surface area contributed by atoms with E-state index in [1.165, 1.54) is 18.3 Å². The predicted octanol–water partition coefficient (Wildman–Crippen LogP) is 2.28. The van der Waals surface area contributed by atoms with Gasteiger partial charge in [0.15, 0.2) is 0 Å². The number of nitrogens with one attached hydrogen (secondary N) is 1. The zero-order valence-electron chi connectivity index (χ0n) is 15.5. The summed E-state index contributed by atoms with van der Waals surface area (Å²) in [6.45, 7) is 3.83. The molecule has 2 aromatic heterocycles. The molecule has 1 atom stereocenters. The van der Waals surface area contributed by atoms with E-state index in [-0.39, 0.29) is 24.1 Å². The van der Waals surface area contributed by atoms with Gasteiger partial charge in [-0.2, -0.15) is 0 Å². The molecule has 3 rings (SSSR count). The van der Waals surface area contributed by atoms with E-state index < -0.39 is 18.9 Å². The summed E-state index contributed by atoms with van der Waals surface area (Å²) >= 11 is 0. The van der Waals surface area contributed by atoms with Crippen LogP contribution in [0.4, 0.5) is 14.6 Å². The number of ether oxygens (including phenoxy) is 2. The van der Waals surface area contributed by atoms with Gasteiger partial charge < -0.3 is 19.7 Å². The molecule has 7 nitrogen and oxygen atoms in total. The Kier molecular flexibility index (Phi) is 6.70. The molecule has 28 heavy (non-hydrogen) atoms. The number of alkyl halides is 2. The van der Waals surface area contributed by atoms with E-state index in [0.29, 0.717) is 6.61 Å². The van der Waals surface area contributed by atoms with Gasteiger partial charge in [0.25, 0.3) is 12.3 Å². The Morgan fingerprint density at radius 2 is 2.25 bits per heavy atom. The number of pyridine rings is 2. The molecule has 1 amide bonds. The van der Waals surface area contributed by atoms with Crippen LogP contribution < -0.4 is 15.0 Å². The molecule has 9 heteroatoms. The van der Waals surface area contributed by atoms with Crippen molar-refractivity contribution in [3.05, 3.63) is 47.9 Å². The Labute approximate surface area is 161 Å². The van der Waals surface area contributed by atoms with Crippen LogP contribution in [-0.4, -0.2) is 54.7 Å². The largest absolute Gasteiger partial charge is 0.488 e. The van der Waals surface area contributed by atoms with E-state index in [9.17, 15) is 13.6 Å². The minimum absolute atomic E-state index is 0.0960. The predicted molar refractivity (Wildman–Crippen MR) is 98.8 cm³/mol. The van der Waals surface area contributed by atoms with Crippen LogP contribution >= 0.6 is 0 Å². The van der Waals surface area contributed by atoms with Gasteiger partial charge in [0.05, 0.1) is 12.7 Å². The summed E-state index contributed by atoms with van der Waals surface area (Å²) in [5.41, 5.74) is 0.933. The highest BCUT2D eigenvalue weighted by molar-refractivity contribution is 5.92. The van der Waals surface area contributed by atoms with Crippen molar-refractivity contribution in [1.82, 2.24) is 15.3 Å². The number of aromatic nitrogens is 2. The normalized spacial score (nSPS) is 16.9. The summed E-state index contributed by atoms with van der Waals surface area (Å²) in [7, 11) is 0. The zero-order chi connectivity index (χ0) is 19.9. The molecular weight excluding hydrogens is 370 g/mol. The minimum Gasteiger partial charge on any atom is -0.488 e. The van der Waals surface area contributed by atoms with Crippen molar-refractivity contribution in [3.63, 3.8) is 0 Å². The van der Waals surface area contributed by atoms with Crippen molar-refractivity contribution in [2.24, 2.45) is 0 Å². The minimum atomic E-state index is -2.58. The van der Waals surface area contributed by atoms with Crippen LogP contribution in [0.5, 0.6) is 5.75 Å². The second-order valence-electron chi connectivity index (χ2n) is 6.41. The molecular formula is C19H22F2N4O3. The van der Waals surface area contributed by atoms with Crippen LogP contribution in [0.25, 0.3) is 0 Å². The van der Waals surface area contributed by atoms with Crippen molar-refractivity contribution in [1.29, 1.82) is 0 Å². The molecule has 0 aromatic carbocycles. The SMILES string of the molecule is C[C@H]1CN(c2ccc(CNC(=O)c3cc(OCC(F)F)ccn3)cn2)CCO1. The number of morpholine rings is 1. The molecule has 3 heterocycles. The number of halogens is 2. The Balaban J connectivity index is 1.53. The third-order valence-electron chi connectivity index (χ3n) is 4.17. The maximum Gasteiger partial charge on any atom is 0.272 e. The molecule has 0 unspecified atom stereocenters. The van der Waals surface area contributed by atoms with E-state index in [1.54, 1.807) is 6.20 Å². The van der Waals surface area contributed by atoms with Crippen LogP contribution in [0.3, 0.4) is 0 Å². The lowest BCUT2D eigenvalue weighted by Gasteiger charge is -2.32. The summed E-state index contributed by atoms with van der Waals surface area (Å²) < 4.78 is 34.9. The second-order valence-corrected chi connectivity index (χ2v) is 6.41. The van der Waals surface area contributed by atoms with Crippen LogP contribution in [0.1, 0.15) is 23.0 Å². The van der Waals surface area contributed by atoms with Crippen molar-refractivity contribution < 1.29 is 23.0 Å². The first-order valence-corrected chi connectivity index (χ1v) is 8.98. The summed E-state index contributed by atoms with van der Waals surface area (Å²) in [5.74, 6) is 0.621. The van der Waals surface area contributed by atoms with Gasteiger partial charge >= 0.3 is 0 Å². The van der Waals surface area contributed by atoms with Gasteiger partial charge in [-0.15, -0.1) is 0 Å². The molecule has 0 saturated carbocycles. The van der Waals surface area contributed by atoms with E-state index in [0.717, 1.165) is 24.5 Å². The fourth-order valence-electron chi connectivity index (χ4n) is 2.79. The fourth-order valence-corrected chi connectivity index (χ4v) is 2.79. The second kappa shape index (κ2) is 9.41. The van der Waals surface area contributed by atoms with E-state index in [4.69, 9.17) is 9.47 Å². The van der Waals surface area contributed by atoms with Crippen molar-refractivity contribution in [3.8, 4) is 5.75 Å². The summed E-state index contributed by atoms with van der Waals surface area (Å²) in [6, 6.07) is 6.57. The smallest absolute Gasteiger partial charge is 0.272 e. The molecule has 0 radical (unpaired) electrons. The fraction of sp³-hybridized carbons (Fsp3) is 0.421. The molecule has 1 N–H and O–H groups in total. The topological polar surface area (TPSA) is 76.6 Å². The Morgan fingerprint density at radius 1 is 1.39 bits per heavy atom. The highest BCUT2D eigenvalue weighted by Gasteiger charge is 2.17. The Hall–Kier alpha value is -2.81. The summed E-state index contributed by atoms with van der Waals surface area (Å²) in [5, 5.41) is 2.73. The number of carbonyl (C=O) groups excluding carboxylic acids is 1. The zero-order valence-corrected chi connectivity index (χ0v) is 15.5. The molecule has 2 aromatic rings. The number of hydrogen-bond donors (Lipinski definition) is 1. The molecule has 1 aliphatic heterocycles. The first-order chi connectivity index (χ1) is 13.5. The van der Waals surface area contributed by atoms with Gasteiger partial charge in [0, 0.05) is 38.1 Å². The highest BCUT2D eigenvalue weighted by atomic mass is 19.3. The van der Waals surface area contributed by atoms with Crippen molar-refractivity contribution in [2.75, 3.05) is 31.2 Å². The molecule has 0 spiro atoms. The number of amides is 1. The lowest BCUT2D eigenvalue weighted by Crippen LogP contribution is -2.41. The summed E-state index contributed by atoms with van der Waals surface area (Å²) in [6.07, 6.45) is 0.643. The lowest BCUT2D eigenvalue weighted by molar-refractivity contribution is 0.0529. The first-order valence-electron chi connectivity index (χ1n) is 8.98. The first kappa shape index (κ1) is 19.9. The molecule has 1 saturated heterocycles. The maximum absolute atomic E-state index is 12.2. The number of carbonyl (C=O) groups is 1. The van der Waals surface area contributed by atoms with Crippen molar-refractivity contribution >= 4 is 11.7 Å². The van der Waals surface area contributed by atoms with Crippen LogP contribution in [0, 0.1) is 0 Å². The average molecular weight is 392 g/mol. The van der Waals surface area contributed by atoms with Crippen LogP contribution in [0.2, 0.25) is 0 Å². The van der Waals surface area contributed by atoms with Crippen LogP contribution in [0.15, 0.2) is 36.7 Å². The van der Waals surface area contributed by atoms with Gasteiger partial charge in [-0.05, 0) is 24.6 Å². The van der Waals surface area contributed by atoms with Gasteiger partial charge in [0.1, 0.15) is 23.9 Å². The number of anilines is 1. The number of rotatable bonds is 7.